The second-order valence-corrected chi connectivity index (χ2v) is 6.06. The first-order chi connectivity index (χ1) is 11.2. The van der Waals surface area contributed by atoms with Crippen molar-refractivity contribution in [1.82, 2.24) is 14.5 Å². The van der Waals surface area contributed by atoms with Crippen LogP contribution < -0.4 is 0 Å². The molecule has 0 spiro atoms. The van der Waals surface area contributed by atoms with Crippen molar-refractivity contribution in [2.75, 3.05) is 6.26 Å². The third-order valence-corrected chi connectivity index (χ3v) is 4.43. The number of hydrogen-bond acceptors (Lipinski definition) is 2. The lowest BCUT2D eigenvalue weighted by molar-refractivity contribution is 0.628. The molecule has 2 aromatic heterocycles. The molecule has 1 N–H and O–H groups in total. The van der Waals surface area contributed by atoms with Gasteiger partial charge < -0.3 is 4.98 Å². The molecule has 0 aliphatic heterocycles. The fourth-order valence-corrected chi connectivity index (χ4v) is 3.04. The van der Waals surface area contributed by atoms with Crippen molar-refractivity contribution in [3.63, 3.8) is 0 Å². The van der Waals surface area contributed by atoms with E-state index in [4.69, 9.17) is 0 Å². The molecule has 0 radical (unpaired) electrons. The van der Waals surface area contributed by atoms with E-state index in [1.54, 1.807) is 23.9 Å². The van der Waals surface area contributed by atoms with E-state index in [1.165, 1.54) is 12.1 Å². The molecule has 2 aromatic carbocycles. The van der Waals surface area contributed by atoms with Gasteiger partial charge in [-0.15, -0.1) is 11.8 Å². The van der Waals surface area contributed by atoms with Crippen LogP contribution in [0.15, 0.2) is 66.0 Å². The van der Waals surface area contributed by atoms with Crippen LogP contribution in [0.2, 0.25) is 0 Å². The fraction of sp³-hybridized carbons (Fsp3) is 0.0556. The molecule has 0 fully saturated rings. The number of nitrogens with zero attached hydrogens (tertiary/aromatic N) is 2. The Balaban J connectivity index is 1.89. The lowest BCUT2D eigenvalue weighted by atomic mass is 10.2. The maximum atomic E-state index is 13.2. The van der Waals surface area contributed by atoms with Gasteiger partial charge in [-0.3, -0.25) is 4.57 Å². The number of hydrogen-bond donors (Lipinski definition) is 1. The molecule has 0 atom stereocenters. The largest absolute Gasteiger partial charge is 0.361 e. The van der Waals surface area contributed by atoms with Crippen molar-refractivity contribution in [3.8, 4) is 17.1 Å². The molecule has 5 heteroatoms. The summed E-state index contributed by atoms with van der Waals surface area (Å²) >= 11 is 1.59. The Bertz CT molecular complexity index is 970. The summed E-state index contributed by atoms with van der Waals surface area (Å²) in [6, 6.07) is 14.7. The van der Waals surface area contributed by atoms with Crippen LogP contribution in [0.5, 0.6) is 0 Å². The topological polar surface area (TPSA) is 33.6 Å². The van der Waals surface area contributed by atoms with Gasteiger partial charge in [-0.2, -0.15) is 0 Å². The van der Waals surface area contributed by atoms with Crippen molar-refractivity contribution < 1.29 is 4.39 Å². The van der Waals surface area contributed by atoms with Crippen molar-refractivity contribution in [2.24, 2.45) is 0 Å². The number of aromatic amines is 1. The number of fused-ring (bicyclic) bond motifs is 1. The summed E-state index contributed by atoms with van der Waals surface area (Å²) < 4.78 is 15.2. The molecule has 0 amide bonds. The van der Waals surface area contributed by atoms with Crippen LogP contribution in [0.4, 0.5) is 4.39 Å². The Kier molecular flexibility index (Phi) is 3.42. The Morgan fingerprint density at radius 2 is 1.91 bits per heavy atom. The minimum Gasteiger partial charge on any atom is -0.361 e. The summed E-state index contributed by atoms with van der Waals surface area (Å²) in [5.41, 5.74) is 3.02. The summed E-state index contributed by atoms with van der Waals surface area (Å²) in [6.07, 6.45) is 5.93. The van der Waals surface area contributed by atoms with E-state index < -0.39 is 0 Å². The van der Waals surface area contributed by atoms with Gasteiger partial charge in [-0.05, 0) is 54.8 Å². The summed E-state index contributed by atoms with van der Waals surface area (Å²) in [5, 5.41) is 2.07. The lowest BCUT2D eigenvalue weighted by Crippen LogP contribution is -1.96. The standard InChI is InChI=1S/C18H14FN3S/c1-23-17-11-22(15-6-7-16-13(10-15)8-9-20-16)18(21-17)12-2-4-14(19)5-3-12/h2-11,20H,1H3. The van der Waals surface area contributed by atoms with Gasteiger partial charge in [-0.1, -0.05) is 0 Å². The van der Waals surface area contributed by atoms with E-state index in [-0.39, 0.29) is 5.82 Å². The first-order valence-electron chi connectivity index (χ1n) is 7.21. The quantitative estimate of drug-likeness (QED) is 0.545. The molecule has 0 bridgehead atoms. The maximum Gasteiger partial charge on any atom is 0.145 e. The van der Waals surface area contributed by atoms with Gasteiger partial charge >= 0.3 is 0 Å². The number of aromatic nitrogens is 3. The van der Waals surface area contributed by atoms with E-state index in [0.717, 1.165) is 33.0 Å². The van der Waals surface area contributed by atoms with Gasteiger partial charge in [0.1, 0.15) is 16.7 Å². The normalized spacial score (nSPS) is 11.2. The molecule has 0 aliphatic carbocycles. The number of thioether (sulfide) groups is 1. The predicted octanol–water partition coefficient (Wildman–Crippen LogP) is 4.88. The molecule has 2 heterocycles. The molecule has 0 saturated carbocycles. The number of halogens is 1. The van der Waals surface area contributed by atoms with Crippen LogP contribution in [0, 0.1) is 5.82 Å². The van der Waals surface area contributed by atoms with Gasteiger partial charge in [0.25, 0.3) is 0 Å². The Morgan fingerprint density at radius 3 is 2.70 bits per heavy atom. The first-order valence-corrected chi connectivity index (χ1v) is 8.44. The lowest BCUT2D eigenvalue weighted by Gasteiger charge is -2.08. The average molecular weight is 323 g/mol. The molecule has 3 nitrogen and oxygen atoms in total. The summed E-state index contributed by atoms with van der Waals surface area (Å²) in [6.45, 7) is 0. The summed E-state index contributed by atoms with van der Waals surface area (Å²) in [4.78, 5) is 7.86. The fourth-order valence-electron chi connectivity index (χ4n) is 2.65. The smallest absolute Gasteiger partial charge is 0.145 e. The summed E-state index contributed by atoms with van der Waals surface area (Å²) in [5.74, 6) is 0.565. The SMILES string of the molecule is CSc1cn(-c2ccc3[nH]ccc3c2)c(-c2ccc(F)cc2)n1. The maximum absolute atomic E-state index is 13.2. The molecular formula is C18H14FN3S. The second-order valence-electron chi connectivity index (χ2n) is 5.23. The zero-order chi connectivity index (χ0) is 15.8. The van der Waals surface area contributed by atoms with Crippen LogP contribution in [-0.4, -0.2) is 20.8 Å². The number of benzene rings is 2. The van der Waals surface area contributed by atoms with E-state index in [9.17, 15) is 4.39 Å². The third-order valence-electron chi connectivity index (χ3n) is 3.81. The molecule has 0 aliphatic rings. The number of imidazole rings is 1. The highest BCUT2D eigenvalue weighted by Crippen LogP contribution is 2.28. The van der Waals surface area contributed by atoms with E-state index in [0.29, 0.717) is 0 Å². The van der Waals surface area contributed by atoms with E-state index in [1.807, 2.05) is 29.3 Å². The van der Waals surface area contributed by atoms with Crippen molar-refractivity contribution in [2.45, 2.75) is 5.03 Å². The van der Waals surface area contributed by atoms with E-state index >= 15 is 0 Å². The van der Waals surface area contributed by atoms with Crippen molar-refractivity contribution in [3.05, 3.63) is 66.7 Å². The number of H-pyrrole nitrogens is 1. The van der Waals surface area contributed by atoms with Gasteiger partial charge in [0.05, 0.1) is 0 Å². The molecule has 0 saturated heterocycles. The Morgan fingerprint density at radius 1 is 1.09 bits per heavy atom. The zero-order valence-corrected chi connectivity index (χ0v) is 13.3. The van der Waals surface area contributed by atoms with Crippen LogP contribution in [-0.2, 0) is 0 Å². The minimum absolute atomic E-state index is 0.245. The van der Waals surface area contributed by atoms with Gasteiger partial charge in [0.2, 0.25) is 0 Å². The monoisotopic (exact) mass is 323 g/mol. The van der Waals surface area contributed by atoms with Crippen LogP contribution in [0.25, 0.3) is 28.0 Å². The van der Waals surface area contributed by atoms with E-state index in [2.05, 4.69) is 28.2 Å². The first kappa shape index (κ1) is 14.1. The molecule has 0 unspecified atom stereocenters. The van der Waals surface area contributed by atoms with Gasteiger partial charge in [0, 0.05) is 34.5 Å². The number of rotatable bonds is 3. The van der Waals surface area contributed by atoms with Crippen LogP contribution in [0.1, 0.15) is 0 Å². The molecule has 4 aromatic rings. The zero-order valence-electron chi connectivity index (χ0n) is 12.5. The van der Waals surface area contributed by atoms with Crippen LogP contribution >= 0.6 is 11.8 Å². The Labute approximate surface area is 137 Å². The third kappa shape index (κ3) is 2.53. The molecule has 114 valence electrons. The molecule has 4 rings (SSSR count). The molecular weight excluding hydrogens is 309 g/mol. The van der Waals surface area contributed by atoms with Gasteiger partial charge in [0.15, 0.2) is 0 Å². The van der Waals surface area contributed by atoms with Gasteiger partial charge in [-0.25, -0.2) is 9.37 Å². The average Bonchev–Trinajstić information content (AvgIpc) is 3.21. The van der Waals surface area contributed by atoms with Crippen molar-refractivity contribution in [1.29, 1.82) is 0 Å². The highest BCUT2D eigenvalue weighted by molar-refractivity contribution is 7.98. The summed E-state index contributed by atoms with van der Waals surface area (Å²) in [7, 11) is 0. The Hall–Kier alpha value is -2.53. The van der Waals surface area contributed by atoms with Crippen molar-refractivity contribution >= 4 is 22.7 Å². The highest BCUT2D eigenvalue weighted by atomic mass is 32.2. The molecule has 23 heavy (non-hydrogen) atoms. The second kappa shape index (κ2) is 5.59. The highest BCUT2D eigenvalue weighted by Gasteiger charge is 2.12. The van der Waals surface area contributed by atoms with Crippen LogP contribution in [0.3, 0.4) is 0 Å². The minimum atomic E-state index is -0.245. The predicted molar refractivity (Wildman–Crippen MR) is 92.6 cm³/mol. The number of nitrogens with one attached hydrogen (secondary N) is 1.